The van der Waals surface area contributed by atoms with Crippen LogP contribution in [0, 0.1) is 5.92 Å². The van der Waals surface area contributed by atoms with Crippen LogP contribution in [0.3, 0.4) is 0 Å². The first-order valence-corrected chi connectivity index (χ1v) is 7.89. The van der Waals surface area contributed by atoms with E-state index in [1.165, 1.54) is 5.56 Å². The van der Waals surface area contributed by atoms with E-state index < -0.39 is 0 Å². The van der Waals surface area contributed by atoms with E-state index >= 15 is 0 Å². The van der Waals surface area contributed by atoms with Crippen LogP contribution in [-0.2, 0) is 6.54 Å². The molecule has 0 heterocycles. The summed E-state index contributed by atoms with van der Waals surface area (Å²) in [6.45, 7) is 5.62. The van der Waals surface area contributed by atoms with Gasteiger partial charge in [-0.15, -0.1) is 11.8 Å². The number of ether oxygens (including phenoxy) is 1. The van der Waals surface area contributed by atoms with Crippen LogP contribution in [0.4, 0.5) is 0 Å². The Hall–Kier alpha value is -0.710. The average molecular weight is 283 g/mol. The van der Waals surface area contributed by atoms with Gasteiger partial charge in [-0.25, -0.2) is 0 Å². The van der Waals surface area contributed by atoms with E-state index in [1.54, 1.807) is 18.9 Å². The van der Waals surface area contributed by atoms with Gasteiger partial charge in [0.2, 0.25) is 0 Å². The van der Waals surface area contributed by atoms with E-state index in [0.717, 1.165) is 23.6 Å². The Labute approximate surface area is 120 Å². The second kappa shape index (κ2) is 8.46. The zero-order valence-corrected chi connectivity index (χ0v) is 13.1. The summed E-state index contributed by atoms with van der Waals surface area (Å²) in [4.78, 5) is 1.14. The molecule has 108 valence electrons. The van der Waals surface area contributed by atoms with Gasteiger partial charge in [0.1, 0.15) is 5.75 Å². The Morgan fingerprint density at radius 2 is 2.11 bits per heavy atom. The molecule has 0 radical (unpaired) electrons. The van der Waals surface area contributed by atoms with E-state index in [0.29, 0.717) is 12.5 Å². The number of thioether (sulfide) groups is 1. The first kappa shape index (κ1) is 16.3. The normalized spacial score (nSPS) is 12.7. The van der Waals surface area contributed by atoms with Crippen LogP contribution in [0.1, 0.15) is 25.8 Å². The predicted octanol–water partition coefficient (Wildman–Crippen LogP) is 2.91. The highest BCUT2D eigenvalue weighted by atomic mass is 32.2. The fraction of sp³-hybridized carbons (Fsp3) is 0.600. The van der Waals surface area contributed by atoms with Crippen molar-refractivity contribution in [2.75, 3.05) is 19.9 Å². The Bertz CT molecular complexity index is 382. The quantitative estimate of drug-likeness (QED) is 0.720. The molecule has 0 bridgehead atoms. The highest BCUT2D eigenvalue weighted by molar-refractivity contribution is 7.98. The van der Waals surface area contributed by atoms with Crippen molar-refractivity contribution in [3.8, 4) is 5.75 Å². The molecule has 0 fully saturated rings. The van der Waals surface area contributed by atoms with Gasteiger partial charge in [0.25, 0.3) is 0 Å². The fourth-order valence-corrected chi connectivity index (χ4v) is 2.55. The number of benzene rings is 1. The molecular weight excluding hydrogens is 258 g/mol. The van der Waals surface area contributed by atoms with Gasteiger partial charge in [0, 0.05) is 18.0 Å². The standard InChI is InChI=1S/C15H25NO2S/c1-11(2)7-13(17)10-16-9-12-5-6-15(19-4)14(8-12)18-3/h5-6,8,11,13,16-17H,7,9-10H2,1-4H3. The maximum Gasteiger partial charge on any atom is 0.132 e. The third-order valence-electron chi connectivity index (χ3n) is 2.90. The third-order valence-corrected chi connectivity index (χ3v) is 3.68. The summed E-state index contributed by atoms with van der Waals surface area (Å²) in [6.07, 6.45) is 2.60. The summed E-state index contributed by atoms with van der Waals surface area (Å²) in [6, 6.07) is 6.22. The second-order valence-corrected chi connectivity index (χ2v) is 5.95. The van der Waals surface area contributed by atoms with Crippen molar-refractivity contribution < 1.29 is 9.84 Å². The van der Waals surface area contributed by atoms with E-state index in [-0.39, 0.29) is 6.10 Å². The van der Waals surface area contributed by atoms with Gasteiger partial charge in [-0.1, -0.05) is 19.9 Å². The maximum atomic E-state index is 9.79. The Balaban J connectivity index is 2.45. The summed E-state index contributed by atoms with van der Waals surface area (Å²) in [5.74, 6) is 1.44. The molecule has 1 rings (SSSR count). The molecule has 2 N–H and O–H groups in total. The summed E-state index contributed by atoms with van der Waals surface area (Å²) in [5.41, 5.74) is 1.17. The molecule has 0 aromatic heterocycles. The number of nitrogens with one attached hydrogen (secondary N) is 1. The lowest BCUT2D eigenvalue weighted by Crippen LogP contribution is -2.27. The Morgan fingerprint density at radius 3 is 2.68 bits per heavy atom. The van der Waals surface area contributed by atoms with Gasteiger partial charge >= 0.3 is 0 Å². The lowest BCUT2D eigenvalue weighted by atomic mass is 10.1. The van der Waals surface area contributed by atoms with E-state index in [2.05, 4.69) is 31.3 Å². The molecule has 1 unspecified atom stereocenters. The number of aliphatic hydroxyl groups is 1. The SMILES string of the molecule is COc1cc(CNCC(O)CC(C)C)ccc1SC. The van der Waals surface area contributed by atoms with Gasteiger partial charge in [0.05, 0.1) is 13.2 Å². The highest BCUT2D eigenvalue weighted by Crippen LogP contribution is 2.28. The molecule has 3 nitrogen and oxygen atoms in total. The molecule has 4 heteroatoms. The number of rotatable bonds is 8. The lowest BCUT2D eigenvalue weighted by molar-refractivity contribution is 0.146. The van der Waals surface area contributed by atoms with Gasteiger partial charge < -0.3 is 15.2 Å². The van der Waals surface area contributed by atoms with Crippen molar-refractivity contribution in [3.05, 3.63) is 23.8 Å². The lowest BCUT2D eigenvalue weighted by Gasteiger charge is -2.14. The summed E-state index contributed by atoms with van der Waals surface area (Å²) in [5, 5.41) is 13.1. The van der Waals surface area contributed by atoms with Crippen molar-refractivity contribution in [3.63, 3.8) is 0 Å². The molecule has 1 aromatic rings. The van der Waals surface area contributed by atoms with Crippen LogP contribution >= 0.6 is 11.8 Å². The molecule has 0 aliphatic carbocycles. The largest absolute Gasteiger partial charge is 0.496 e. The monoisotopic (exact) mass is 283 g/mol. The minimum Gasteiger partial charge on any atom is -0.496 e. The van der Waals surface area contributed by atoms with Crippen LogP contribution in [0.15, 0.2) is 23.1 Å². The molecular formula is C15H25NO2S. The zero-order chi connectivity index (χ0) is 14.3. The summed E-state index contributed by atoms with van der Waals surface area (Å²) >= 11 is 1.68. The molecule has 19 heavy (non-hydrogen) atoms. The molecule has 0 amide bonds. The van der Waals surface area contributed by atoms with Crippen LogP contribution in [0.25, 0.3) is 0 Å². The van der Waals surface area contributed by atoms with E-state index in [4.69, 9.17) is 4.74 Å². The zero-order valence-electron chi connectivity index (χ0n) is 12.3. The van der Waals surface area contributed by atoms with Crippen molar-refractivity contribution >= 4 is 11.8 Å². The molecule has 0 spiro atoms. The Morgan fingerprint density at radius 1 is 1.37 bits per heavy atom. The Kier molecular flexibility index (Phi) is 7.28. The average Bonchev–Trinajstić information content (AvgIpc) is 2.37. The van der Waals surface area contributed by atoms with Crippen molar-refractivity contribution in [2.45, 2.75) is 37.8 Å². The molecule has 0 saturated heterocycles. The van der Waals surface area contributed by atoms with Crippen molar-refractivity contribution in [1.29, 1.82) is 0 Å². The van der Waals surface area contributed by atoms with Crippen LogP contribution in [0.5, 0.6) is 5.75 Å². The van der Waals surface area contributed by atoms with Crippen molar-refractivity contribution in [2.24, 2.45) is 5.92 Å². The van der Waals surface area contributed by atoms with Crippen LogP contribution in [0.2, 0.25) is 0 Å². The fourth-order valence-electron chi connectivity index (χ4n) is 2.00. The number of aliphatic hydroxyl groups excluding tert-OH is 1. The van der Waals surface area contributed by atoms with Crippen LogP contribution < -0.4 is 10.1 Å². The summed E-state index contributed by atoms with van der Waals surface area (Å²) in [7, 11) is 1.69. The number of hydrogen-bond donors (Lipinski definition) is 2. The third kappa shape index (κ3) is 5.85. The summed E-state index contributed by atoms with van der Waals surface area (Å²) < 4.78 is 5.36. The van der Waals surface area contributed by atoms with Gasteiger partial charge in [-0.3, -0.25) is 0 Å². The predicted molar refractivity (Wildman–Crippen MR) is 81.9 cm³/mol. The minimum atomic E-state index is -0.271. The molecule has 0 saturated carbocycles. The van der Waals surface area contributed by atoms with E-state index in [1.807, 2.05) is 12.3 Å². The molecule has 0 aliphatic rings. The minimum absolute atomic E-state index is 0.271. The maximum absolute atomic E-state index is 9.79. The van der Waals surface area contributed by atoms with Crippen molar-refractivity contribution in [1.82, 2.24) is 5.32 Å². The first-order chi connectivity index (χ1) is 9.06. The van der Waals surface area contributed by atoms with Gasteiger partial charge in [-0.2, -0.15) is 0 Å². The van der Waals surface area contributed by atoms with Gasteiger partial charge in [-0.05, 0) is 36.3 Å². The van der Waals surface area contributed by atoms with Crippen LogP contribution in [-0.4, -0.2) is 31.1 Å². The topological polar surface area (TPSA) is 41.5 Å². The molecule has 1 atom stereocenters. The van der Waals surface area contributed by atoms with Gasteiger partial charge in [0.15, 0.2) is 0 Å². The molecule has 0 aliphatic heterocycles. The smallest absolute Gasteiger partial charge is 0.132 e. The number of hydrogen-bond acceptors (Lipinski definition) is 4. The number of methoxy groups -OCH3 is 1. The highest BCUT2D eigenvalue weighted by Gasteiger charge is 2.07. The molecule has 1 aromatic carbocycles. The van der Waals surface area contributed by atoms with E-state index in [9.17, 15) is 5.11 Å². The first-order valence-electron chi connectivity index (χ1n) is 6.66. The second-order valence-electron chi connectivity index (χ2n) is 5.10.